The maximum Gasteiger partial charge on any atom is 0.269 e. The molecule has 0 aliphatic carbocycles. The van der Waals surface area contributed by atoms with Crippen molar-refractivity contribution in [3.63, 3.8) is 0 Å². The number of tetrazole rings is 1. The average Bonchev–Trinajstić information content (AvgIpc) is 3.19. The van der Waals surface area contributed by atoms with Crippen molar-refractivity contribution in [1.82, 2.24) is 20.6 Å². The summed E-state index contributed by atoms with van der Waals surface area (Å²) in [7, 11) is 0. The first kappa shape index (κ1) is 14.6. The van der Waals surface area contributed by atoms with Crippen LogP contribution in [0.3, 0.4) is 0 Å². The first-order valence-electron chi connectivity index (χ1n) is 6.33. The molecule has 110 valence electrons. The van der Waals surface area contributed by atoms with Crippen LogP contribution < -0.4 is 0 Å². The van der Waals surface area contributed by atoms with Gasteiger partial charge >= 0.3 is 0 Å². The molecule has 0 amide bonds. The molecule has 8 heteroatoms. The Kier molecular flexibility index (Phi) is 4.40. The lowest BCUT2D eigenvalue weighted by Crippen LogP contribution is -2.17. The second-order valence-electron chi connectivity index (χ2n) is 4.35. The standard InChI is InChI=1S/C14H10N4O2S2/c19-11(13(20)14-15-17-18-16-14)6-9-7-12(21-8-9)22-10-4-2-1-3-5-10/h1-5,7-8H,6H2,(H,15,16,17,18). The minimum atomic E-state index is -0.725. The van der Waals surface area contributed by atoms with Gasteiger partial charge in [0.1, 0.15) is 0 Å². The number of benzene rings is 1. The van der Waals surface area contributed by atoms with Crippen LogP contribution in [-0.2, 0) is 11.2 Å². The number of carbonyl (C=O) groups is 2. The van der Waals surface area contributed by atoms with E-state index in [1.807, 2.05) is 41.8 Å². The quantitative estimate of drug-likeness (QED) is 0.551. The average molecular weight is 330 g/mol. The van der Waals surface area contributed by atoms with Crippen LogP contribution in [0.1, 0.15) is 16.2 Å². The minimum Gasteiger partial charge on any atom is -0.290 e. The fourth-order valence-electron chi connectivity index (χ4n) is 1.75. The lowest BCUT2D eigenvalue weighted by atomic mass is 10.1. The van der Waals surface area contributed by atoms with Crippen molar-refractivity contribution in [2.45, 2.75) is 15.5 Å². The van der Waals surface area contributed by atoms with E-state index in [1.54, 1.807) is 23.1 Å². The third-order valence-electron chi connectivity index (χ3n) is 2.76. The second kappa shape index (κ2) is 6.63. The number of nitrogens with one attached hydrogen (secondary N) is 1. The molecule has 2 aromatic heterocycles. The summed E-state index contributed by atoms with van der Waals surface area (Å²) in [5, 5.41) is 14.4. The smallest absolute Gasteiger partial charge is 0.269 e. The Morgan fingerprint density at radius 3 is 2.77 bits per heavy atom. The largest absolute Gasteiger partial charge is 0.290 e. The van der Waals surface area contributed by atoms with E-state index in [0.29, 0.717) is 0 Å². The van der Waals surface area contributed by atoms with Gasteiger partial charge in [-0.3, -0.25) is 9.59 Å². The summed E-state index contributed by atoms with van der Waals surface area (Å²) in [5.74, 6) is -1.47. The van der Waals surface area contributed by atoms with E-state index in [0.717, 1.165) is 14.7 Å². The van der Waals surface area contributed by atoms with Crippen LogP contribution in [0.2, 0.25) is 0 Å². The van der Waals surface area contributed by atoms with Crippen molar-refractivity contribution in [3.05, 3.63) is 53.2 Å². The van der Waals surface area contributed by atoms with Crippen molar-refractivity contribution < 1.29 is 9.59 Å². The van der Waals surface area contributed by atoms with Gasteiger partial charge in [0.15, 0.2) is 0 Å². The summed E-state index contributed by atoms with van der Waals surface area (Å²) in [6.07, 6.45) is 0.0409. The molecule has 0 saturated carbocycles. The molecule has 0 radical (unpaired) electrons. The van der Waals surface area contributed by atoms with E-state index in [9.17, 15) is 9.59 Å². The van der Waals surface area contributed by atoms with E-state index in [2.05, 4.69) is 20.6 Å². The third-order valence-corrected chi connectivity index (χ3v) is 4.89. The summed E-state index contributed by atoms with van der Waals surface area (Å²) in [4.78, 5) is 24.8. The monoisotopic (exact) mass is 330 g/mol. The number of rotatable bonds is 6. The Morgan fingerprint density at radius 1 is 1.23 bits per heavy atom. The number of H-pyrrole nitrogens is 1. The van der Waals surface area contributed by atoms with Crippen LogP contribution in [0.5, 0.6) is 0 Å². The summed E-state index contributed by atoms with van der Waals surface area (Å²) >= 11 is 3.17. The normalized spacial score (nSPS) is 10.5. The maximum atomic E-state index is 11.9. The molecule has 0 fully saturated rings. The second-order valence-corrected chi connectivity index (χ2v) is 6.64. The number of ketones is 2. The van der Waals surface area contributed by atoms with Crippen molar-refractivity contribution in [3.8, 4) is 0 Å². The molecule has 1 N–H and O–H groups in total. The van der Waals surface area contributed by atoms with Crippen LogP contribution in [0.25, 0.3) is 0 Å². The Labute approximate surface area is 134 Å². The molecule has 6 nitrogen and oxygen atoms in total. The summed E-state index contributed by atoms with van der Waals surface area (Å²) in [6, 6.07) is 11.9. The molecular formula is C14H10N4O2S2. The van der Waals surface area contributed by atoms with Crippen LogP contribution in [0, 0.1) is 0 Å². The molecule has 0 spiro atoms. The van der Waals surface area contributed by atoms with Gasteiger partial charge in [-0.05, 0) is 34.4 Å². The Balaban J connectivity index is 1.64. The van der Waals surface area contributed by atoms with Gasteiger partial charge in [0.25, 0.3) is 5.78 Å². The number of nitrogens with zero attached hydrogens (tertiary/aromatic N) is 3. The van der Waals surface area contributed by atoms with Gasteiger partial charge in [-0.15, -0.1) is 21.5 Å². The molecule has 22 heavy (non-hydrogen) atoms. The topological polar surface area (TPSA) is 88.6 Å². The maximum absolute atomic E-state index is 11.9. The fourth-order valence-corrected chi connectivity index (χ4v) is 3.75. The molecule has 0 aliphatic heterocycles. The van der Waals surface area contributed by atoms with Crippen LogP contribution >= 0.6 is 23.1 Å². The zero-order valence-electron chi connectivity index (χ0n) is 11.2. The zero-order chi connectivity index (χ0) is 15.4. The van der Waals surface area contributed by atoms with E-state index >= 15 is 0 Å². The lowest BCUT2D eigenvalue weighted by Gasteiger charge is -1.96. The van der Waals surface area contributed by atoms with Crippen molar-refractivity contribution >= 4 is 34.7 Å². The van der Waals surface area contributed by atoms with Gasteiger partial charge in [0.05, 0.1) is 4.21 Å². The first-order valence-corrected chi connectivity index (χ1v) is 8.03. The molecule has 2 heterocycles. The lowest BCUT2D eigenvalue weighted by molar-refractivity contribution is -0.114. The van der Waals surface area contributed by atoms with Crippen LogP contribution in [0.4, 0.5) is 0 Å². The van der Waals surface area contributed by atoms with Gasteiger partial charge < -0.3 is 0 Å². The minimum absolute atomic E-state index is 0.0409. The predicted octanol–water partition coefficient (Wildman–Crippen LogP) is 2.41. The fraction of sp³-hybridized carbons (Fsp3) is 0.0714. The van der Waals surface area contributed by atoms with Gasteiger partial charge in [0, 0.05) is 11.3 Å². The molecule has 0 aliphatic rings. The number of hydrogen-bond acceptors (Lipinski definition) is 7. The number of aromatic amines is 1. The molecule has 1 aromatic carbocycles. The Morgan fingerprint density at radius 2 is 2.05 bits per heavy atom. The van der Waals surface area contributed by atoms with Gasteiger partial charge in [-0.25, -0.2) is 0 Å². The number of aromatic nitrogens is 4. The van der Waals surface area contributed by atoms with Crippen molar-refractivity contribution in [1.29, 1.82) is 0 Å². The molecule has 0 atom stereocenters. The SMILES string of the molecule is O=C(Cc1csc(Sc2ccccc2)c1)C(=O)c1nn[nH]n1. The first-order chi connectivity index (χ1) is 10.7. The van der Waals surface area contributed by atoms with Gasteiger partial charge in [-0.1, -0.05) is 30.0 Å². The molecule has 0 saturated heterocycles. The number of hydrogen-bond donors (Lipinski definition) is 1. The summed E-state index contributed by atoms with van der Waals surface area (Å²) in [6.45, 7) is 0. The van der Waals surface area contributed by atoms with Gasteiger partial charge in [-0.2, -0.15) is 5.21 Å². The highest BCUT2D eigenvalue weighted by Crippen LogP contribution is 2.32. The highest BCUT2D eigenvalue weighted by Gasteiger charge is 2.21. The third kappa shape index (κ3) is 3.46. The number of thiophene rings is 1. The van der Waals surface area contributed by atoms with E-state index < -0.39 is 11.6 Å². The van der Waals surface area contributed by atoms with Gasteiger partial charge in [0.2, 0.25) is 11.6 Å². The predicted molar refractivity (Wildman–Crippen MR) is 82.1 cm³/mol. The molecule has 0 bridgehead atoms. The highest BCUT2D eigenvalue weighted by molar-refractivity contribution is 8.01. The molecule has 3 rings (SSSR count). The number of carbonyl (C=O) groups excluding carboxylic acids is 2. The summed E-state index contributed by atoms with van der Waals surface area (Å²) in [5.41, 5.74) is 0.810. The molecule has 0 unspecified atom stereocenters. The highest BCUT2D eigenvalue weighted by atomic mass is 32.2. The van der Waals surface area contributed by atoms with E-state index in [4.69, 9.17) is 0 Å². The summed E-state index contributed by atoms with van der Waals surface area (Å²) < 4.78 is 1.07. The van der Waals surface area contributed by atoms with Crippen LogP contribution in [0.15, 0.2) is 50.9 Å². The molecule has 3 aromatic rings. The van der Waals surface area contributed by atoms with E-state index in [1.165, 1.54) is 0 Å². The Hall–Kier alpha value is -2.32. The Bertz CT molecular complexity index is 784. The molecular weight excluding hydrogens is 320 g/mol. The van der Waals surface area contributed by atoms with Crippen LogP contribution in [-0.4, -0.2) is 32.2 Å². The van der Waals surface area contributed by atoms with E-state index in [-0.39, 0.29) is 12.2 Å². The number of Topliss-reactive ketones (excluding diaryl/α,β-unsaturated/α-hetero) is 2. The zero-order valence-corrected chi connectivity index (χ0v) is 12.9. The van der Waals surface area contributed by atoms with Crippen molar-refractivity contribution in [2.24, 2.45) is 0 Å². The van der Waals surface area contributed by atoms with Crippen molar-refractivity contribution in [2.75, 3.05) is 0 Å².